The first-order chi connectivity index (χ1) is 17.8. The van der Waals surface area contributed by atoms with Crippen LogP contribution < -0.4 is 0 Å². The molecule has 0 aromatic heterocycles. The van der Waals surface area contributed by atoms with Crippen molar-refractivity contribution >= 4 is 5.78 Å². The van der Waals surface area contributed by atoms with E-state index in [0.717, 1.165) is 31.0 Å². The van der Waals surface area contributed by atoms with Gasteiger partial charge in [0.25, 0.3) is 0 Å². The third-order valence-electron chi connectivity index (χ3n) is 7.87. The molecule has 0 saturated heterocycles. The van der Waals surface area contributed by atoms with Crippen molar-refractivity contribution in [1.82, 2.24) is 0 Å². The normalized spacial score (nSPS) is 11.4. The molecule has 0 aliphatic rings. The summed E-state index contributed by atoms with van der Waals surface area (Å²) in [7, 11) is 0. The second kappa shape index (κ2) is 33.2. The summed E-state index contributed by atoms with van der Waals surface area (Å²) >= 11 is 5.13. The van der Waals surface area contributed by atoms with Crippen LogP contribution in [0.3, 0.4) is 0 Å². The first-order valence-corrected chi connectivity index (χ1v) is 17.5. The molecule has 0 aromatic carbocycles. The van der Waals surface area contributed by atoms with E-state index in [1.807, 2.05) is 0 Å². The Labute approximate surface area is 237 Å². The van der Waals surface area contributed by atoms with Crippen LogP contribution in [0.25, 0.3) is 0 Å². The van der Waals surface area contributed by atoms with E-state index in [2.05, 4.69) is 6.92 Å². The SMILES string of the molecule is CCCCCCCCCCCCCCCCCC(=O)CCCCCCCCCCCCCCC[CH2][Cu]. The molecule has 0 aromatic rings. The van der Waals surface area contributed by atoms with Crippen LogP contribution >= 0.6 is 0 Å². The van der Waals surface area contributed by atoms with Crippen molar-refractivity contribution in [2.45, 2.75) is 211 Å². The van der Waals surface area contributed by atoms with Crippen LogP contribution in [0, 0.1) is 0 Å². The number of hydrogen-bond acceptors (Lipinski definition) is 1. The van der Waals surface area contributed by atoms with E-state index in [9.17, 15) is 4.79 Å². The van der Waals surface area contributed by atoms with Crippen molar-refractivity contribution in [3.05, 3.63) is 0 Å². The van der Waals surface area contributed by atoms with Gasteiger partial charge in [0.2, 0.25) is 0 Å². The molecule has 0 radical (unpaired) electrons. The molecular formula is C34H67CuO. The summed E-state index contributed by atoms with van der Waals surface area (Å²) in [6.45, 7) is 2.29. The molecular weight excluding hydrogens is 488 g/mol. The van der Waals surface area contributed by atoms with Gasteiger partial charge in [-0.25, -0.2) is 0 Å². The minimum absolute atomic E-state index is 0.522. The summed E-state index contributed by atoms with van der Waals surface area (Å²) in [5.74, 6) is 0.522. The topological polar surface area (TPSA) is 17.1 Å². The molecule has 0 unspecified atom stereocenters. The molecule has 0 rings (SSSR count). The Morgan fingerprint density at radius 3 is 0.833 bits per heavy atom. The number of hydrogen-bond donors (Lipinski definition) is 0. The van der Waals surface area contributed by atoms with Crippen LogP contribution in [0.1, 0.15) is 206 Å². The maximum absolute atomic E-state index is 12.1. The van der Waals surface area contributed by atoms with Gasteiger partial charge in [-0.15, -0.1) is 0 Å². The van der Waals surface area contributed by atoms with E-state index in [1.165, 1.54) is 173 Å². The van der Waals surface area contributed by atoms with E-state index in [1.54, 1.807) is 0 Å². The predicted molar refractivity (Wildman–Crippen MR) is 159 cm³/mol. The summed E-state index contributed by atoms with van der Waals surface area (Å²) in [6, 6.07) is 0. The van der Waals surface area contributed by atoms with Gasteiger partial charge in [-0.3, -0.25) is 4.79 Å². The first kappa shape index (κ1) is 36.2. The van der Waals surface area contributed by atoms with Crippen LogP contribution in [-0.4, -0.2) is 5.78 Å². The summed E-state index contributed by atoms with van der Waals surface area (Å²) in [5.41, 5.74) is 0. The molecule has 0 N–H and O–H groups in total. The van der Waals surface area contributed by atoms with Crippen molar-refractivity contribution in [1.29, 1.82) is 0 Å². The van der Waals surface area contributed by atoms with Gasteiger partial charge in [0.1, 0.15) is 5.78 Å². The molecule has 0 aliphatic carbocycles. The Bertz CT molecular complexity index is 372. The van der Waals surface area contributed by atoms with Crippen molar-refractivity contribution < 1.29 is 20.8 Å². The van der Waals surface area contributed by atoms with Crippen molar-refractivity contribution in [2.24, 2.45) is 0 Å². The molecule has 1 nitrogen and oxygen atoms in total. The average molecular weight is 555 g/mol. The third-order valence-corrected chi connectivity index (χ3v) is 8.20. The molecule has 220 valence electrons. The molecule has 2 heteroatoms. The van der Waals surface area contributed by atoms with E-state index in [0.29, 0.717) is 5.78 Å². The Kier molecular flexibility index (Phi) is 33.4. The molecule has 0 heterocycles. The van der Waals surface area contributed by atoms with Crippen LogP contribution in [0.15, 0.2) is 0 Å². The Morgan fingerprint density at radius 2 is 0.583 bits per heavy atom. The summed E-state index contributed by atoms with van der Waals surface area (Å²) < 4.78 is 0. The Morgan fingerprint density at radius 1 is 0.361 bits per heavy atom. The molecule has 0 saturated carbocycles. The van der Waals surface area contributed by atoms with Crippen molar-refractivity contribution in [3.63, 3.8) is 0 Å². The van der Waals surface area contributed by atoms with Gasteiger partial charge in [0.15, 0.2) is 0 Å². The molecule has 0 fully saturated rings. The number of carbonyl (C=O) groups is 1. The van der Waals surface area contributed by atoms with Crippen molar-refractivity contribution in [3.8, 4) is 0 Å². The van der Waals surface area contributed by atoms with Gasteiger partial charge in [-0.2, -0.15) is 0 Å². The summed E-state index contributed by atoms with van der Waals surface area (Å²) in [4.78, 5) is 12.1. The fourth-order valence-electron chi connectivity index (χ4n) is 5.34. The fraction of sp³-hybridized carbons (Fsp3) is 0.971. The second-order valence-electron chi connectivity index (χ2n) is 11.6. The number of rotatable bonds is 32. The minimum atomic E-state index is 0.522. The molecule has 0 atom stereocenters. The van der Waals surface area contributed by atoms with Crippen molar-refractivity contribution in [2.75, 3.05) is 0 Å². The Hall–Kier alpha value is 0.189. The van der Waals surface area contributed by atoms with E-state index in [4.69, 9.17) is 16.0 Å². The zero-order chi connectivity index (χ0) is 26.2. The Balaban J connectivity index is 3.14. The van der Waals surface area contributed by atoms with Crippen LogP contribution in [0.4, 0.5) is 0 Å². The molecule has 0 aliphatic heterocycles. The molecule has 36 heavy (non-hydrogen) atoms. The van der Waals surface area contributed by atoms with Crippen LogP contribution in [0.5, 0.6) is 0 Å². The van der Waals surface area contributed by atoms with Gasteiger partial charge in [0.05, 0.1) is 0 Å². The monoisotopic (exact) mass is 554 g/mol. The van der Waals surface area contributed by atoms with Gasteiger partial charge in [-0.05, 0) is 12.8 Å². The summed E-state index contributed by atoms with van der Waals surface area (Å²) in [5, 5.41) is 0.920. The standard InChI is InChI=1S/C34H67O.Cu/c1-3-5-7-9-11-13-15-17-19-21-23-25-27-29-31-33-34(35)32-30-28-26-24-22-20-18-16-14-12-10-8-6-4-2;/h2-33H2,1H3;. The first-order valence-electron chi connectivity index (χ1n) is 16.8. The van der Waals surface area contributed by atoms with Gasteiger partial charge in [0, 0.05) is 12.8 Å². The third kappa shape index (κ3) is 32.2. The second-order valence-corrected chi connectivity index (χ2v) is 12.1. The van der Waals surface area contributed by atoms with E-state index < -0.39 is 0 Å². The number of ketones is 1. The molecule has 0 amide bonds. The summed E-state index contributed by atoms with van der Waals surface area (Å²) in [6.07, 6.45) is 41.4. The van der Waals surface area contributed by atoms with Gasteiger partial charge >= 0.3 is 92.0 Å². The zero-order valence-corrected chi connectivity index (χ0v) is 25.8. The zero-order valence-electron chi connectivity index (χ0n) is 24.8. The number of carbonyl (C=O) groups excluding carboxylic acids is 1. The molecule has 0 spiro atoms. The van der Waals surface area contributed by atoms with Gasteiger partial charge in [-0.1, -0.05) is 110 Å². The number of Topliss-reactive ketones (excluding diaryl/α,β-unsaturated/α-hetero) is 1. The average Bonchev–Trinajstić information content (AvgIpc) is 2.88. The molecule has 0 bridgehead atoms. The fourth-order valence-corrected chi connectivity index (χ4v) is 5.57. The van der Waals surface area contributed by atoms with E-state index in [-0.39, 0.29) is 0 Å². The van der Waals surface area contributed by atoms with Crippen LogP contribution in [-0.2, 0) is 20.8 Å². The maximum atomic E-state index is 12.1. The quantitative estimate of drug-likeness (QED) is 0.0596. The number of unbranched alkanes of at least 4 members (excludes halogenated alkanes) is 27. The van der Waals surface area contributed by atoms with Crippen LogP contribution in [0.2, 0.25) is 5.32 Å². The van der Waals surface area contributed by atoms with Gasteiger partial charge < -0.3 is 0 Å². The van der Waals surface area contributed by atoms with E-state index >= 15 is 0 Å². The predicted octanol–water partition coefficient (Wildman–Crippen LogP) is 12.6.